The summed E-state index contributed by atoms with van der Waals surface area (Å²) in [4.78, 5) is 1.46. The largest absolute Gasteiger partial charge is 0.336 e. The van der Waals surface area contributed by atoms with E-state index >= 15 is 0 Å². The quantitative estimate of drug-likeness (QED) is 0.597. The topological polar surface area (TPSA) is 4.44 Å². The lowest BCUT2D eigenvalue weighted by Crippen LogP contribution is -3.04. The van der Waals surface area contributed by atoms with Crippen molar-refractivity contribution in [2.24, 2.45) is 0 Å². The van der Waals surface area contributed by atoms with Crippen molar-refractivity contribution in [3.05, 3.63) is 35.9 Å². The summed E-state index contributed by atoms with van der Waals surface area (Å²) in [5, 5.41) is 0. The number of hydrogen-bond donors (Lipinski definition) is 1. The Kier molecular flexibility index (Phi) is 2.46. The van der Waals surface area contributed by atoms with Crippen LogP contribution in [0.3, 0.4) is 0 Å². The molecular formula is C9H14N+. The van der Waals surface area contributed by atoms with Gasteiger partial charge in [-0.25, -0.2) is 0 Å². The van der Waals surface area contributed by atoms with E-state index in [1.165, 1.54) is 10.5 Å². The van der Waals surface area contributed by atoms with Crippen molar-refractivity contribution < 1.29 is 4.90 Å². The van der Waals surface area contributed by atoms with Gasteiger partial charge in [0.05, 0.1) is 14.1 Å². The van der Waals surface area contributed by atoms with Crippen molar-refractivity contribution in [1.29, 1.82) is 0 Å². The third kappa shape index (κ3) is 2.19. The monoisotopic (exact) mass is 136 g/mol. The molecule has 1 N–H and O–H groups in total. The Morgan fingerprint density at radius 2 is 1.70 bits per heavy atom. The zero-order valence-electron chi connectivity index (χ0n) is 6.59. The molecule has 54 valence electrons. The van der Waals surface area contributed by atoms with Gasteiger partial charge in [-0.1, -0.05) is 30.3 Å². The van der Waals surface area contributed by atoms with Crippen LogP contribution in [0.15, 0.2) is 30.3 Å². The van der Waals surface area contributed by atoms with Crippen molar-refractivity contribution in [3.8, 4) is 0 Å². The van der Waals surface area contributed by atoms with Crippen molar-refractivity contribution in [1.82, 2.24) is 0 Å². The molecule has 0 aliphatic carbocycles. The van der Waals surface area contributed by atoms with Gasteiger partial charge in [0, 0.05) is 5.56 Å². The number of benzene rings is 1. The Labute approximate surface area is 62.3 Å². The lowest BCUT2D eigenvalue weighted by atomic mass is 10.2. The average molecular weight is 136 g/mol. The van der Waals surface area contributed by atoms with Gasteiger partial charge >= 0.3 is 0 Å². The highest BCUT2D eigenvalue weighted by atomic mass is 15.0. The normalized spacial score (nSPS) is 10.3. The SMILES string of the molecule is C[NH+](C)Cc1ccccc1. The molecule has 1 rings (SSSR count). The summed E-state index contributed by atoms with van der Waals surface area (Å²) < 4.78 is 0. The zero-order chi connectivity index (χ0) is 7.40. The van der Waals surface area contributed by atoms with Crippen LogP contribution in [0.2, 0.25) is 0 Å². The number of nitrogens with one attached hydrogen (secondary N) is 1. The smallest absolute Gasteiger partial charge is 0.102 e. The van der Waals surface area contributed by atoms with Gasteiger partial charge in [-0.15, -0.1) is 0 Å². The van der Waals surface area contributed by atoms with Crippen LogP contribution in [0.4, 0.5) is 0 Å². The van der Waals surface area contributed by atoms with E-state index in [1.807, 2.05) is 0 Å². The fraction of sp³-hybridized carbons (Fsp3) is 0.333. The zero-order valence-corrected chi connectivity index (χ0v) is 6.59. The molecule has 1 heteroatoms. The molecule has 0 amide bonds. The first-order valence-corrected chi connectivity index (χ1v) is 3.62. The maximum atomic E-state index is 2.16. The van der Waals surface area contributed by atoms with Gasteiger partial charge in [-0.05, 0) is 0 Å². The van der Waals surface area contributed by atoms with E-state index in [-0.39, 0.29) is 0 Å². The number of quaternary nitrogens is 1. The molecule has 0 aliphatic heterocycles. The summed E-state index contributed by atoms with van der Waals surface area (Å²) in [5.41, 5.74) is 1.41. The summed E-state index contributed by atoms with van der Waals surface area (Å²) in [6.07, 6.45) is 0. The fourth-order valence-corrected chi connectivity index (χ4v) is 1.00. The number of hydrogen-bond acceptors (Lipinski definition) is 0. The molecule has 1 aromatic carbocycles. The molecule has 0 saturated heterocycles. The van der Waals surface area contributed by atoms with E-state index in [0.717, 1.165) is 6.54 Å². The third-order valence-corrected chi connectivity index (χ3v) is 1.40. The van der Waals surface area contributed by atoms with Crippen molar-refractivity contribution in [2.75, 3.05) is 14.1 Å². The maximum absolute atomic E-state index is 2.16. The van der Waals surface area contributed by atoms with Gasteiger partial charge in [0.15, 0.2) is 0 Å². The van der Waals surface area contributed by atoms with E-state index in [1.54, 1.807) is 0 Å². The van der Waals surface area contributed by atoms with Gasteiger partial charge < -0.3 is 4.90 Å². The van der Waals surface area contributed by atoms with Gasteiger partial charge in [0.2, 0.25) is 0 Å². The van der Waals surface area contributed by atoms with Crippen LogP contribution in [-0.2, 0) is 6.54 Å². The molecular weight excluding hydrogens is 122 g/mol. The molecule has 0 saturated carbocycles. The predicted molar refractivity (Wildman–Crippen MR) is 43.0 cm³/mol. The minimum Gasteiger partial charge on any atom is -0.336 e. The van der Waals surface area contributed by atoms with Crippen LogP contribution in [0.5, 0.6) is 0 Å². The summed E-state index contributed by atoms with van der Waals surface area (Å²) >= 11 is 0. The van der Waals surface area contributed by atoms with Crippen molar-refractivity contribution >= 4 is 0 Å². The Morgan fingerprint density at radius 1 is 1.10 bits per heavy atom. The average Bonchev–Trinajstić information content (AvgIpc) is 1.88. The second-order valence-electron chi connectivity index (χ2n) is 2.87. The Morgan fingerprint density at radius 3 is 2.20 bits per heavy atom. The van der Waals surface area contributed by atoms with Crippen LogP contribution in [0, 0.1) is 0 Å². The van der Waals surface area contributed by atoms with Crippen LogP contribution in [0.25, 0.3) is 0 Å². The molecule has 0 fully saturated rings. The molecule has 0 atom stereocenters. The van der Waals surface area contributed by atoms with E-state index in [0.29, 0.717) is 0 Å². The minimum absolute atomic E-state index is 1.11. The molecule has 10 heavy (non-hydrogen) atoms. The van der Waals surface area contributed by atoms with Gasteiger partial charge in [0.1, 0.15) is 6.54 Å². The van der Waals surface area contributed by atoms with Gasteiger partial charge in [0.25, 0.3) is 0 Å². The summed E-state index contributed by atoms with van der Waals surface area (Å²) in [7, 11) is 4.32. The summed E-state index contributed by atoms with van der Waals surface area (Å²) in [5.74, 6) is 0. The van der Waals surface area contributed by atoms with Crippen molar-refractivity contribution in [2.45, 2.75) is 6.54 Å². The predicted octanol–water partition coefficient (Wildman–Crippen LogP) is 0.331. The van der Waals surface area contributed by atoms with Crippen LogP contribution in [-0.4, -0.2) is 14.1 Å². The molecule has 0 bridgehead atoms. The van der Waals surface area contributed by atoms with Crippen LogP contribution in [0.1, 0.15) is 5.56 Å². The van der Waals surface area contributed by atoms with E-state index in [2.05, 4.69) is 44.4 Å². The Balaban J connectivity index is 2.59. The van der Waals surface area contributed by atoms with Gasteiger partial charge in [-0.2, -0.15) is 0 Å². The maximum Gasteiger partial charge on any atom is 0.102 e. The molecule has 0 radical (unpaired) electrons. The second kappa shape index (κ2) is 3.37. The highest BCUT2D eigenvalue weighted by molar-refractivity contribution is 5.12. The first-order valence-electron chi connectivity index (χ1n) is 3.62. The van der Waals surface area contributed by atoms with E-state index in [4.69, 9.17) is 0 Å². The summed E-state index contributed by atoms with van der Waals surface area (Å²) in [6.45, 7) is 1.11. The molecule has 1 nitrogen and oxygen atoms in total. The fourth-order valence-electron chi connectivity index (χ4n) is 1.00. The molecule has 0 heterocycles. The molecule has 0 spiro atoms. The second-order valence-corrected chi connectivity index (χ2v) is 2.87. The Bertz CT molecular complexity index is 179. The molecule has 0 unspecified atom stereocenters. The first kappa shape index (κ1) is 7.29. The van der Waals surface area contributed by atoms with Crippen LogP contribution >= 0.6 is 0 Å². The van der Waals surface area contributed by atoms with E-state index in [9.17, 15) is 0 Å². The van der Waals surface area contributed by atoms with Gasteiger partial charge in [-0.3, -0.25) is 0 Å². The summed E-state index contributed by atoms with van der Waals surface area (Å²) in [6, 6.07) is 10.5. The van der Waals surface area contributed by atoms with Crippen molar-refractivity contribution in [3.63, 3.8) is 0 Å². The first-order chi connectivity index (χ1) is 4.79. The Hall–Kier alpha value is -0.820. The molecule has 0 aliphatic rings. The minimum atomic E-state index is 1.11. The number of rotatable bonds is 2. The molecule has 0 aromatic heterocycles. The highest BCUT2D eigenvalue weighted by Crippen LogP contribution is 1.94. The highest BCUT2D eigenvalue weighted by Gasteiger charge is 1.93. The standard InChI is InChI=1S/C9H13N/c1-10(2)8-9-6-4-3-5-7-9/h3-7H,8H2,1-2H3/p+1. The lowest BCUT2D eigenvalue weighted by Gasteiger charge is -2.05. The third-order valence-electron chi connectivity index (χ3n) is 1.40. The van der Waals surface area contributed by atoms with Crippen LogP contribution < -0.4 is 4.90 Å². The lowest BCUT2D eigenvalue weighted by molar-refractivity contribution is -0.872. The molecule has 1 aromatic rings. The van der Waals surface area contributed by atoms with E-state index < -0.39 is 0 Å².